The number of benzene rings is 1. The Balaban J connectivity index is 2.28. The minimum absolute atomic E-state index is 0.00407. The Kier molecular flexibility index (Phi) is 5.70. The quantitative estimate of drug-likeness (QED) is 0.386. The molecule has 0 saturated carbocycles. The molecule has 124 valence electrons. The van der Waals surface area contributed by atoms with E-state index in [1.54, 1.807) is 12.1 Å². The van der Waals surface area contributed by atoms with Gasteiger partial charge in [0.2, 0.25) is 0 Å². The van der Waals surface area contributed by atoms with Crippen molar-refractivity contribution in [3.63, 3.8) is 0 Å². The molecule has 1 aliphatic heterocycles. The maximum atomic E-state index is 11.4. The van der Waals surface area contributed by atoms with Gasteiger partial charge in [-0.15, -0.1) is 0 Å². The number of esters is 1. The third kappa shape index (κ3) is 4.29. The molecule has 0 spiro atoms. The van der Waals surface area contributed by atoms with E-state index in [0.29, 0.717) is 17.8 Å². The van der Waals surface area contributed by atoms with Crippen molar-refractivity contribution in [1.82, 2.24) is 0 Å². The lowest BCUT2D eigenvalue weighted by molar-refractivity contribution is -0.384. The number of hydrogen-bond acceptors (Lipinski definition) is 6. The van der Waals surface area contributed by atoms with E-state index < -0.39 is 10.9 Å². The topological polar surface area (TPSA) is 92.9 Å². The SMILES string of the molecule is COC(=O)/C=C/c1ccc(N2CCCC(CO)C2)c([N+](=O)[O-])c1. The van der Waals surface area contributed by atoms with Crippen LogP contribution in [0.2, 0.25) is 0 Å². The molecule has 0 amide bonds. The van der Waals surface area contributed by atoms with Crippen molar-refractivity contribution in [1.29, 1.82) is 0 Å². The van der Waals surface area contributed by atoms with Crippen molar-refractivity contribution in [2.45, 2.75) is 12.8 Å². The largest absolute Gasteiger partial charge is 0.466 e. The van der Waals surface area contributed by atoms with Crippen LogP contribution in [-0.2, 0) is 9.53 Å². The predicted molar refractivity (Wildman–Crippen MR) is 86.2 cm³/mol. The van der Waals surface area contributed by atoms with Crippen LogP contribution in [0, 0.1) is 16.0 Å². The second kappa shape index (κ2) is 7.73. The number of piperidine rings is 1. The van der Waals surface area contributed by atoms with Crippen LogP contribution in [-0.4, -0.2) is 42.8 Å². The molecule has 1 aromatic rings. The summed E-state index contributed by atoms with van der Waals surface area (Å²) in [4.78, 5) is 24.0. The molecule has 7 heteroatoms. The molecule has 0 aromatic heterocycles. The molecule has 23 heavy (non-hydrogen) atoms. The van der Waals surface area contributed by atoms with Crippen LogP contribution >= 0.6 is 0 Å². The minimum atomic E-state index is -0.515. The standard InChI is InChI=1S/C16H20N2O5/c1-23-16(20)7-5-12-4-6-14(15(9-12)18(21)22)17-8-2-3-13(10-17)11-19/h4-7,9,13,19H,2-3,8,10-11H2,1H3/b7-5+. The van der Waals surface area contributed by atoms with Gasteiger partial charge in [0, 0.05) is 31.8 Å². The van der Waals surface area contributed by atoms with E-state index in [-0.39, 0.29) is 18.2 Å². The van der Waals surface area contributed by atoms with E-state index >= 15 is 0 Å². The summed E-state index contributed by atoms with van der Waals surface area (Å²) in [6.45, 7) is 1.42. The fourth-order valence-corrected chi connectivity index (χ4v) is 2.72. The third-order valence-electron chi connectivity index (χ3n) is 3.93. The molecule has 0 bridgehead atoms. The lowest BCUT2D eigenvalue weighted by Crippen LogP contribution is -2.37. The molecular formula is C16H20N2O5. The van der Waals surface area contributed by atoms with Gasteiger partial charge in [-0.1, -0.05) is 6.07 Å². The molecule has 0 radical (unpaired) electrons. The van der Waals surface area contributed by atoms with Crippen LogP contribution in [0.15, 0.2) is 24.3 Å². The summed E-state index contributed by atoms with van der Waals surface area (Å²) in [5.41, 5.74) is 1.10. The number of hydrogen-bond donors (Lipinski definition) is 1. The Bertz CT molecular complexity index is 614. The Morgan fingerprint density at radius 2 is 2.35 bits per heavy atom. The van der Waals surface area contributed by atoms with Crippen molar-refractivity contribution in [3.8, 4) is 0 Å². The highest BCUT2D eigenvalue weighted by Gasteiger charge is 2.25. The van der Waals surface area contributed by atoms with Crippen LogP contribution in [0.4, 0.5) is 11.4 Å². The average molecular weight is 320 g/mol. The van der Waals surface area contributed by atoms with E-state index in [1.165, 1.54) is 25.3 Å². The van der Waals surface area contributed by atoms with E-state index in [0.717, 1.165) is 19.4 Å². The molecule has 1 heterocycles. The number of methoxy groups -OCH3 is 1. The first-order chi connectivity index (χ1) is 11.0. The number of ether oxygens (including phenoxy) is 1. The van der Waals surface area contributed by atoms with E-state index in [4.69, 9.17) is 0 Å². The molecule has 7 nitrogen and oxygen atoms in total. The highest BCUT2D eigenvalue weighted by molar-refractivity contribution is 5.87. The van der Waals surface area contributed by atoms with Crippen LogP contribution in [0.1, 0.15) is 18.4 Å². The summed E-state index contributed by atoms with van der Waals surface area (Å²) >= 11 is 0. The molecule has 1 N–H and O–H groups in total. The number of carbonyl (C=O) groups excluding carboxylic acids is 1. The number of nitrogens with zero attached hydrogens (tertiary/aromatic N) is 2. The van der Waals surface area contributed by atoms with Crippen molar-refractivity contribution in [2.75, 3.05) is 31.7 Å². The van der Waals surface area contributed by atoms with Crippen molar-refractivity contribution in [3.05, 3.63) is 40.0 Å². The van der Waals surface area contributed by atoms with Gasteiger partial charge in [0.05, 0.1) is 12.0 Å². The summed E-state index contributed by atoms with van der Waals surface area (Å²) in [5, 5.41) is 20.7. The first-order valence-corrected chi connectivity index (χ1v) is 7.45. The maximum absolute atomic E-state index is 11.4. The summed E-state index contributed by atoms with van der Waals surface area (Å²) in [6, 6.07) is 4.86. The molecule has 1 fully saturated rings. The summed E-state index contributed by atoms with van der Waals surface area (Å²) < 4.78 is 4.50. The van der Waals surface area contributed by atoms with Gasteiger partial charge < -0.3 is 14.7 Å². The highest BCUT2D eigenvalue weighted by atomic mass is 16.6. The Hall–Kier alpha value is -2.41. The lowest BCUT2D eigenvalue weighted by atomic mass is 9.98. The van der Waals surface area contributed by atoms with Crippen molar-refractivity contribution >= 4 is 23.4 Å². The number of aliphatic hydroxyl groups excluding tert-OH is 1. The molecule has 1 aromatic carbocycles. The van der Waals surface area contributed by atoms with Gasteiger partial charge in [0.1, 0.15) is 5.69 Å². The zero-order chi connectivity index (χ0) is 16.8. The summed E-state index contributed by atoms with van der Waals surface area (Å²) in [5.74, 6) is -0.374. The van der Waals surface area contributed by atoms with Crippen molar-refractivity contribution < 1.29 is 19.6 Å². The molecular weight excluding hydrogens is 300 g/mol. The molecule has 1 aliphatic rings. The maximum Gasteiger partial charge on any atom is 0.330 e. The molecule has 2 rings (SSSR count). The molecule has 0 aliphatic carbocycles. The predicted octanol–water partition coefficient (Wildman–Crippen LogP) is 1.99. The zero-order valence-corrected chi connectivity index (χ0v) is 13.0. The smallest absolute Gasteiger partial charge is 0.330 e. The van der Waals surface area contributed by atoms with Gasteiger partial charge in [0.15, 0.2) is 0 Å². The number of anilines is 1. The normalized spacial score (nSPS) is 18.2. The second-order valence-electron chi connectivity index (χ2n) is 5.50. The molecule has 1 saturated heterocycles. The van der Waals surface area contributed by atoms with E-state index in [1.807, 2.05) is 4.90 Å². The highest BCUT2D eigenvalue weighted by Crippen LogP contribution is 2.32. The second-order valence-corrected chi connectivity index (χ2v) is 5.50. The van der Waals surface area contributed by atoms with Crippen LogP contribution in [0.3, 0.4) is 0 Å². The van der Waals surface area contributed by atoms with Crippen LogP contribution < -0.4 is 4.90 Å². The number of carbonyl (C=O) groups is 1. The number of nitro benzene ring substituents is 1. The summed E-state index contributed by atoms with van der Waals surface area (Å²) in [7, 11) is 1.27. The zero-order valence-electron chi connectivity index (χ0n) is 13.0. The van der Waals surface area contributed by atoms with Crippen molar-refractivity contribution in [2.24, 2.45) is 5.92 Å². The molecule has 1 unspecified atom stereocenters. The van der Waals surface area contributed by atoms with Gasteiger partial charge in [-0.05, 0) is 36.5 Å². The van der Waals surface area contributed by atoms with Crippen LogP contribution in [0.5, 0.6) is 0 Å². The molecule has 1 atom stereocenters. The van der Waals surface area contributed by atoms with Crippen LogP contribution in [0.25, 0.3) is 6.08 Å². The summed E-state index contributed by atoms with van der Waals surface area (Å²) in [6.07, 6.45) is 4.53. The third-order valence-corrected chi connectivity index (χ3v) is 3.93. The first kappa shape index (κ1) is 17.0. The average Bonchev–Trinajstić information content (AvgIpc) is 2.59. The van der Waals surface area contributed by atoms with Gasteiger partial charge in [-0.2, -0.15) is 0 Å². The Morgan fingerprint density at radius 1 is 1.57 bits per heavy atom. The Morgan fingerprint density at radius 3 is 3.00 bits per heavy atom. The number of rotatable bonds is 5. The van der Waals surface area contributed by atoms with Gasteiger partial charge in [-0.25, -0.2) is 4.79 Å². The van der Waals surface area contributed by atoms with Gasteiger partial charge in [0.25, 0.3) is 5.69 Å². The number of aliphatic hydroxyl groups is 1. The van der Waals surface area contributed by atoms with Gasteiger partial charge in [-0.3, -0.25) is 10.1 Å². The number of nitro groups is 1. The lowest BCUT2D eigenvalue weighted by Gasteiger charge is -2.33. The van der Waals surface area contributed by atoms with Gasteiger partial charge >= 0.3 is 5.97 Å². The van der Waals surface area contributed by atoms with E-state index in [2.05, 4.69) is 4.74 Å². The Labute approximate surface area is 134 Å². The van der Waals surface area contributed by atoms with E-state index in [9.17, 15) is 20.0 Å². The minimum Gasteiger partial charge on any atom is -0.466 e. The monoisotopic (exact) mass is 320 g/mol. The fraction of sp³-hybridized carbons (Fsp3) is 0.438. The fourth-order valence-electron chi connectivity index (χ4n) is 2.72. The first-order valence-electron chi connectivity index (χ1n) is 7.45.